The maximum absolute atomic E-state index is 5.91. The van der Waals surface area contributed by atoms with Gasteiger partial charge in [-0.3, -0.25) is 0 Å². The number of ether oxygens (including phenoxy) is 1. The van der Waals surface area contributed by atoms with Crippen molar-refractivity contribution in [2.75, 3.05) is 0 Å². The molecule has 2 N–H and O–H groups in total. The molecule has 1 aromatic rings. The first-order valence-electron chi connectivity index (χ1n) is 5.38. The highest BCUT2D eigenvalue weighted by molar-refractivity contribution is 9.10. The number of aromatic nitrogens is 1. The molecular formula is C11H14BrClN2O. The van der Waals surface area contributed by atoms with E-state index in [0.29, 0.717) is 10.9 Å². The van der Waals surface area contributed by atoms with E-state index in [1.165, 1.54) is 0 Å². The summed E-state index contributed by atoms with van der Waals surface area (Å²) >= 11 is 9.20. The normalized spacial score (nSPS) is 25.4. The first kappa shape index (κ1) is 12.1. The number of hydrogen-bond donors (Lipinski definition) is 1. The lowest BCUT2D eigenvalue weighted by atomic mass is 9.94. The van der Waals surface area contributed by atoms with Crippen LogP contribution in [0, 0.1) is 0 Å². The van der Waals surface area contributed by atoms with Crippen LogP contribution in [0.5, 0.6) is 5.88 Å². The number of halogens is 2. The van der Waals surface area contributed by atoms with Crippen LogP contribution in [0.2, 0.25) is 5.02 Å². The van der Waals surface area contributed by atoms with Gasteiger partial charge in [0, 0.05) is 12.2 Å². The van der Waals surface area contributed by atoms with Crippen LogP contribution in [0.3, 0.4) is 0 Å². The molecule has 1 saturated carbocycles. The van der Waals surface area contributed by atoms with Crippen molar-refractivity contribution < 1.29 is 4.74 Å². The fourth-order valence-corrected chi connectivity index (χ4v) is 2.67. The van der Waals surface area contributed by atoms with Gasteiger partial charge in [-0.05, 0) is 47.7 Å². The van der Waals surface area contributed by atoms with Gasteiger partial charge in [0.05, 0.1) is 9.50 Å². The minimum atomic E-state index is 0.175. The summed E-state index contributed by atoms with van der Waals surface area (Å²) in [5.74, 6) is 0.600. The van der Waals surface area contributed by atoms with Crippen LogP contribution in [0.25, 0.3) is 0 Å². The smallest absolute Gasteiger partial charge is 0.228 e. The summed E-state index contributed by atoms with van der Waals surface area (Å²) in [5.41, 5.74) is 5.91. The Morgan fingerprint density at radius 3 is 3.00 bits per heavy atom. The monoisotopic (exact) mass is 304 g/mol. The predicted octanol–water partition coefficient (Wildman–Crippen LogP) is 3.15. The van der Waals surface area contributed by atoms with Crippen LogP contribution >= 0.6 is 27.5 Å². The van der Waals surface area contributed by atoms with E-state index in [-0.39, 0.29) is 12.1 Å². The molecule has 0 spiro atoms. The summed E-state index contributed by atoms with van der Waals surface area (Å²) in [6, 6.07) is 2.04. The highest BCUT2D eigenvalue weighted by atomic mass is 79.9. The van der Waals surface area contributed by atoms with E-state index in [4.69, 9.17) is 22.1 Å². The molecule has 2 atom stereocenters. The van der Waals surface area contributed by atoms with Crippen molar-refractivity contribution in [1.29, 1.82) is 0 Å². The van der Waals surface area contributed by atoms with Crippen molar-refractivity contribution in [1.82, 2.24) is 4.98 Å². The van der Waals surface area contributed by atoms with Crippen LogP contribution in [-0.2, 0) is 0 Å². The van der Waals surface area contributed by atoms with Crippen molar-refractivity contribution in [2.45, 2.75) is 37.8 Å². The minimum Gasteiger partial charge on any atom is -0.473 e. The van der Waals surface area contributed by atoms with Crippen molar-refractivity contribution in [2.24, 2.45) is 5.73 Å². The summed E-state index contributed by atoms with van der Waals surface area (Å²) in [4.78, 5) is 4.16. The molecule has 0 aromatic carbocycles. The molecule has 1 heterocycles. The van der Waals surface area contributed by atoms with Crippen molar-refractivity contribution in [3.8, 4) is 5.88 Å². The molecule has 1 aromatic heterocycles. The third-order valence-corrected chi connectivity index (χ3v) is 3.49. The van der Waals surface area contributed by atoms with Crippen molar-refractivity contribution in [3.05, 3.63) is 21.8 Å². The standard InChI is InChI=1S/C11H14BrClN2O/c12-10-4-7(13)6-15-11(10)16-9-3-1-2-8(14)5-9/h4,6,8-9H,1-3,5,14H2. The van der Waals surface area contributed by atoms with Crippen LogP contribution in [0.1, 0.15) is 25.7 Å². The topological polar surface area (TPSA) is 48.1 Å². The Balaban J connectivity index is 2.02. The zero-order valence-corrected chi connectivity index (χ0v) is 11.2. The molecule has 0 amide bonds. The van der Waals surface area contributed by atoms with Crippen LogP contribution in [0.4, 0.5) is 0 Å². The van der Waals surface area contributed by atoms with E-state index in [0.717, 1.165) is 30.2 Å². The average molecular weight is 306 g/mol. The van der Waals surface area contributed by atoms with Gasteiger partial charge in [-0.25, -0.2) is 4.98 Å². The Morgan fingerprint density at radius 1 is 1.50 bits per heavy atom. The van der Waals surface area contributed by atoms with Crippen LogP contribution in [0.15, 0.2) is 16.7 Å². The molecule has 2 unspecified atom stereocenters. The van der Waals surface area contributed by atoms with E-state index >= 15 is 0 Å². The fourth-order valence-electron chi connectivity index (χ4n) is 1.93. The maximum Gasteiger partial charge on any atom is 0.228 e. The molecule has 88 valence electrons. The molecule has 1 aliphatic carbocycles. The van der Waals surface area contributed by atoms with E-state index in [2.05, 4.69) is 20.9 Å². The number of hydrogen-bond acceptors (Lipinski definition) is 3. The number of nitrogens with two attached hydrogens (primary N) is 1. The Bertz CT molecular complexity index is 375. The summed E-state index contributed by atoms with van der Waals surface area (Å²) < 4.78 is 6.61. The summed E-state index contributed by atoms with van der Waals surface area (Å²) in [6.07, 6.45) is 5.92. The Morgan fingerprint density at radius 2 is 2.31 bits per heavy atom. The van der Waals surface area contributed by atoms with Gasteiger partial charge in [-0.15, -0.1) is 0 Å². The SMILES string of the molecule is NC1CCCC(Oc2ncc(Cl)cc2Br)C1. The molecule has 16 heavy (non-hydrogen) atoms. The summed E-state index contributed by atoms with van der Waals surface area (Å²) in [7, 11) is 0. The molecule has 2 rings (SSSR count). The first-order valence-corrected chi connectivity index (χ1v) is 6.55. The largest absolute Gasteiger partial charge is 0.473 e. The molecule has 3 nitrogen and oxygen atoms in total. The Labute approximate surface area is 108 Å². The minimum absolute atomic E-state index is 0.175. The second kappa shape index (κ2) is 5.34. The van der Waals surface area contributed by atoms with Crippen molar-refractivity contribution in [3.63, 3.8) is 0 Å². The molecule has 5 heteroatoms. The zero-order chi connectivity index (χ0) is 11.5. The number of pyridine rings is 1. The molecule has 0 radical (unpaired) electrons. The fraction of sp³-hybridized carbons (Fsp3) is 0.545. The highest BCUT2D eigenvalue weighted by Gasteiger charge is 2.21. The molecule has 1 fully saturated rings. The third-order valence-electron chi connectivity index (χ3n) is 2.72. The lowest BCUT2D eigenvalue weighted by Crippen LogP contribution is -2.33. The van der Waals surface area contributed by atoms with E-state index in [1.54, 1.807) is 12.3 Å². The van der Waals surface area contributed by atoms with Crippen molar-refractivity contribution >= 4 is 27.5 Å². The lowest BCUT2D eigenvalue weighted by molar-refractivity contribution is 0.137. The van der Waals surface area contributed by atoms with Gasteiger partial charge in [-0.2, -0.15) is 0 Å². The molecule has 0 bridgehead atoms. The van der Waals surface area contributed by atoms with Gasteiger partial charge in [0.2, 0.25) is 5.88 Å². The molecular weight excluding hydrogens is 291 g/mol. The third kappa shape index (κ3) is 3.09. The summed E-state index contributed by atoms with van der Waals surface area (Å²) in [6.45, 7) is 0. The van der Waals surface area contributed by atoms with Gasteiger partial charge >= 0.3 is 0 Å². The van der Waals surface area contributed by atoms with E-state index in [1.807, 2.05) is 0 Å². The first-order chi connectivity index (χ1) is 7.65. The van der Waals surface area contributed by atoms with Gasteiger partial charge in [-0.1, -0.05) is 11.6 Å². The molecule has 1 aliphatic rings. The van der Waals surface area contributed by atoms with Gasteiger partial charge in [0.25, 0.3) is 0 Å². The Hall–Kier alpha value is -0.320. The van der Waals surface area contributed by atoms with Gasteiger partial charge in [0.1, 0.15) is 6.10 Å². The average Bonchev–Trinajstić information content (AvgIpc) is 2.22. The van der Waals surface area contributed by atoms with Gasteiger partial charge in [0.15, 0.2) is 0 Å². The van der Waals surface area contributed by atoms with Crippen LogP contribution < -0.4 is 10.5 Å². The second-order valence-corrected chi connectivity index (χ2v) is 5.40. The van der Waals surface area contributed by atoms with Crippen LogP contribution in [-0.4, -0.2) is 17.1 Å². The number of rotatable bonds is 2. The second-order valence-electron chi connectivity index (χ2n) is 4.11. The predicted molar refractivity (Wildman–Crippen MR) is 67.8 cm³/mol. The Kier molecular flexibility index (Phi) is 4.05. The molecule has 0 aliphatic heterocycles. The maximum atomic E-state index is 5.91. The van der Waals surface area contributed by atoms with E-state index in [9.17, 15) is 0 Å². The quantitative estimate of drug-likeness (QED) is 0.913. The summed E-state index contributed by atoms with van der Waals surface area (Å²) in [5, 5.41) is 0.597. The lowest BCUT2D eigenvalue weighted by Gasteiger charge is -2.27. The molecule has 0 saturated heterocycles. The van der Waals surface area contributed by atoms with Gasteiger partial charge < -0.3 is 10.5 Å². The highest BCUT2D eigenvalue weighted by Crippen LogP contribution is 2.28. The van der Waals surface area contributed by atoms with E-state index < -0.39 is 0 Å². The number of nitrogens with zero attached hydrogens (tertiary/aromatic N) is 1. The zero-order valence-electron chi connectivity index (χ0n) is 8.83.